The van der Waals surface area contributed by atoms with Crippen molar-refractivity contribution in [2.24, 2.45) is 0 Å². The van der Waals surface area contributed by atoms with Crippen LogP contribution in [-0.4, -0.2) is 18.2 Å². The smallest absolute Gasteiger partial charge is 0.220 e. The van der Waals surface area contributed by atoms with Gasteiger partial charge in [-0.15, -0.1) is 0 Å². The number of hydrogen-bond acceptors (Lipinski definition) is 2. The van der Waals surface area contributed by atoms with Crippen LogP contribution >= 0.6 is 0 Å². The van der Waals surface area contributed by atoms with Gasteiger partial charge in [-0.25, -0.2) is 0 Å². The van der Waals surface area contributed by atoms with E-state index < -0.39 is 0 Å². The van der Waals surface area contributed by atoms with Crippen LogP contribution in [0.4, 0.5) is 0 Å². The molecular formula is C16H23NO2. The van der Waals surface area contributed by atoms with Crippen molar-refractivity contribution in [3.05, 3.63) is 33.9 Å². The summed E-state index contributed by atoms with van der Waals surface area (Å²) in [4.78, 5) is 23.7. The monoisotopic (exact) mass is 261 g/mol. The molecule has 1 amide bonds. The molecule has 19 heavy (non-hydrogen) atoms. The first-order valence-electron chi connectivity index (χ1n) is 6.75. The Morgan fingerprint density at radius 1 is 1.00 bits per heavy atom. The van der Waals surface area contributed by atoms with Crippen LogP contribution in [-0.2, 0) is 4.79 Å². The highest BCUT2D eigenvalue weighted by atomic mass is 16.2. The van der Waals surface area contributed by atoms with Gasteiger partial charge in [0.25, 0.3) is 0 Å². The normalized spacial score (nSPS) is 10.4. The third-order valence-electron chi connectivity index (χ3n) is 3.60. The quantitative estimate of drug-likeness (QED) is 0.828. The average molecular weight is 261 g/mol. The van der Waals surface area contributed by atoms with Crippen LogP contribution in [0, 0.1) is 27.7 Å². The molecule has 0 saturated heterocycles. The third kappa shape index (κ3) is 3.66. The van der Waals surface area contributed by atoms with Crippen LogP contribution in [0.25, 0.3) is 0 Å². The largest absolute Gasteiger partial charge is 0.356 e. The van der Waals surface area contributed by atoms with E-state index in [0.717, 1.165) is 27.8 Å². The summed E-state index contributed by atoms with van der Waals surface area (Å²) < 4.78 is 0. The Labute approximate surface area is 115 Å². The van der Waals surface area contributed by atoms with E-state index in [2.05, 4.69) is 11.4 Å². The third-order valence-corrected chi connectivity index (χ3v) is 3.60. The van der Waals surface area contributed by atoms with E-state index in [0.29, 0.717) is 6.54 Å². The lowest BCUT2D eigenvalue weighted by atomic mass is 9.90. The van der Waals surface area contributed by atoms with E-state index in [1.54, 1.807) is 0 Å². The lowest BCUT2D eigenvalue weighted by molar-refractivity contribution is -0.120. The molecule has 1 rings (SSSR count). The fourth-order valence-electron chi connectivity index (χ4n) is 2.27. The molecule has 1 aromatic carbocycles. The molecule has 1 aromatic rings. The first-order chi connectivity index (χ1) is 8.88. The standard InChI is InChI=1S/C16H23NO2/c1-6-17-15(19)8-7-14(18)16-12(4)10(2)9-11(3)13(16)5/h9H,6-8H2,1-5H3,(H,17,19). The predicted octanol–water partition coefficient (Wildman–Crippen LogP) is 3.02. The molecule has 1 N–H and O–H groups in total. The van der Waals surface area contributed by atoms with Crippen molar-refractivity contribution in [2.45, 2.75) is 47.5 Å². The molecule has 0 fully saturated rings. The van der Waals surface area contributed by atoms with Crippen molar-refractivity contribution in [3.8, 4) is 0 Å². The molecule has 0 aromatic heterocycles. The van der Waals surface area contributed by atoms with E-state index in [-0.39, 0.29) is 24.5 Å². The van der Waals surface area contributed by atoms with Gasteiger partial charge in [-0.05, 0) is 56.9 Å². The topological polar surface area (TPSA) is 46.2 Å². The highest BCUT2D eigenvalue weighted by Crippen LogP contribution is 2.23. The lowest BCUT2D eigenvalue weighted by Gasteiger charge is -2.14. The molecule has 104 valence electrons. The minimum atomic E-state index is -0.0597. The van der Waals surface area contributed by atoms with Crippen LogP contribution in [0.1, 0.15) is 52.4 Å². The second-order valence-electron chi connectivity index (χ2n) is 5.01. The Balaban J connectivity index is 2.91. The maximum Gasteiger partial charge on any atom is 0.220 e. The van der Waals surface area contributed by atoms with Crippen LogP contribution in [0.15, 0.2) is 6.07 Å². The van der Waals surface area contributed by atoms with E-state index >= 15 is 0 Å². The number of Topliss-reactive ketones (excluding diaryl/α,β-unsaturated/α-hetero) is 1. The molecule has 0 saturated carbocycles. The van der Waals surface area contributed by atoms with E-state index in [1.807, 2.05) is 34.6 Å². The van der Waals surface area contributed by atoms with Crippen LogP contribution < -0.4 is 5.32 Å². The van der Waals surface area contributed by atoms with Gasteiger partial charge < -0.3 is 5.32 Å². The van der Waals surface area contributed by atoms with Crippen LogP contribution in [0.5, 0.6) is 0 Å². The van der Waals surface area contributed by atoms with Gasteiger partial charge in [-0.3, -0.25) is 9.59 Å². The second kappa shape index (κ2) is 6.50. The average Bonchev–Trinajstić information content (AvgIpc) is 2.35. The molecule has 0 radical (unpaired) electrons. The van der Waals surface area contributed by atoms with Gasteiger partial charge in [-0.2, -0.15) is 0 Å². The summed E-state index contributed by atoms with van der Waals surface area (Å²) in [5.41, 5.74) is 5.11. The fraction of sp³-hybridized carbons (Fsp3) is 0.500. The number of nitrogens with one attached hydrogen (secondary N) is 1. The summed E-state index contributed by atoms with van der Waals surface area (Å²) in [7, 11) is 0. The Hall–Kier alpha value is -1.64. The van der Waals surface area contributed by atoms with Gasteiger partial charge in [0.15, 0.2) is 5.78 Å². The zero-order valence-electron chi connectivity index (χ0n) is 12.5. The molecule has 0 aliphatic heterocycles. The molecular weight excluding hydrogens is 238 g/mol. The minimum absolute atomic E-state index is 0.0597. The molecule has 0 atom stereocenters. The summed E-state index contributed by atoms with van der Waals surface area (Å²) in [6.45, 7) is 10.5. The molecule has 0 spiro atoms. The Kier molecular flexibility index (Phi) is 5.28. The Morgan fingerprint density at radius 2 is 1.53 bits per heavy atom. The molecule has 0 aliphatic carbocycles. The number of ketones is 1. The molecule has 0 heterocycles. The molecule has 0 bridgehead atoms. The van der Waals surface area contributed by atoms with Gasteiger partial charge in [0, 0.05) is 24.9 Å². The van der Waals surface area contributed by atoms with Crippen molar-refractivity contribution in [1.82, 2.24) is 5.32 Å². The number of carbonyl (C=O) groups is 2. The number of benzene rings is 1. The molecule has 3 nitrogen and oxygen atoms in total. The first-order valence-corrected chi connectivity index (χ1v) is 6.75. The molecule has 3 heteroatoms. The predicted molar refractivity (Wildman–Crippen MR) is 77.6 cm³/mol. The summed E-state index contributed by atoms with van der Waals surface area (Å²) in [6.07, 6.45) is 0.537. The fourth-order valence-corrected chi connectivity index (χ4v) is 2.27. The SMILES string of the molecule is CCNC(=O)CCC(=O)c1c(C)c(C)cc(C)c1C. The Bertz CT molecular complexity index is 478. The number of carbonyl (C=O) groups excluding carboxylic acids is 2. The first kappa shape index (κ1) is 15.4. The summed E-state index contributed by atoms with van der Waals surface area (Å²) in [5.74, 6) is 0.00332. The van der Waals surface area contributed by atoms with Crippen molar-refractivity contribution in [1.29, 1.82) is 0 Å². The summed E-state index contributed by atoms with van der Waals surface area (Å²) in [5, 5.41) is 2.71. The van der Waals surface area contributed by atoms with Gasteiger partial charge in [0.2, 0.25) is 5.91 Å². The number of hydrogen-bond donors (Lipinski definition) is 1. The summed E-state index contributed by atoms with van der Waals surface area (Å²) >= 11 is 0. The van der Waals surface area contributed by atoms with Gasteiger partial charge in [0.1, 0.15) is 0 Å². The maximum absolute atomic E-state index is 12.3. The minimum Gasteiger partial charge on any atom is -0.356 e. The van der Waals surface area contributed by atoms with Crippen molar-refractivity contribution < 1.29 is 9.59 Å². The van der Waals surface area contributed by atoms with E-state index in [1.165, 1.54) is 0 Å². The van der Waals surface area contributed by atoms with Crippen LogP contribution in [0.2, 0.25) is 0 Å². The number of aryl methyl sites for hydroxylation is 2. The highest BCUT2D eigenvalue weighted by Gasteiger charge is 2.16. The summed E-state index contributed by atoms with van der Waals surface area (Å²) in [6, 6.07) is 2.10. The number of rotatable bonds is 5. The van der Waals surface area contributed by atoms with E-state index in [9.17, 15) is 9.59 Å². The van der Waals surface area contributed by atoms with Crippen LogP contribution in [0.3, 0.4) is 0 Å². The van der Waals surface area contributed by atoms with Crippen molar-refractivity contribution in [3.63, 3.8) is 0 Å². The van der Waals surface area contributed by atoms with Gasteiger partial charge >= 0.3 is 0 Å². The zero-order chi connectivity index (χ0) is 14.6. The zero-order valence-corrected chi connectivity index (χ0v) is 12.5. The maximum atomic E-state index is 12.3. The van der Waals surface area contributed by atoms with Crippen molar-refractivity contribution >= 4 is 11.7 Å². The second-order valence-corrected chi connectivity index (χ2v) is 5.01. The lowest BCUT2D eigenvalue weighted by Crippen LogP contribution is -2.23. The Morgan fingerprint density at radius 3 is 2.00 bits per heavy atom. The van der Waals surface area contributed by atoms with Gasteiger partial charge in [-0.1, -0.05) is 6.07 Å². The molecule has 0 unspecified atom stereocenters. The molecule has 0 aliphatic rings. The number of amides is 1. The van der Waals surface area contributed by atoms with E-state index in [4.69, 9.17) is 0 Å². The highest BCUT2D eigenvalue weighted by molar-refractivity contribution is 6.00. The van der Waals surface area contributed by atoms with Crippen molar-refractivity contribution in [2.75, 3.05) is 6.54 Å². The van der Waals surface area contributed by atoms with Gasteiger partial charge in [0.05, 0.1) is 0 Å².